The minimum Gasteiger partial charge on any atom is -0.487 e. The fourth-order valence-electron chi connectivity index (χ4n) is 3.20. The summed E-state index contributed by atoms with van der Waals surface area (Å²) in [6.07, 6.45) is 1.56. The number of para-hydroxylation sites is 1. The van der Waals surface area contributed by atoms with Crippen LogP contribution in [0.4, 0.5) is 0 Å². The van der Waals surface area contributed by atoms with Crippen LogP contribution >= 0.6 is 0 Å². The molecule has 2 nitrogen and oxygen atoms in total. The number of benzene rings is 1. The number of aliphatic hydroxyl groups is 1. The first-order valence-electron chi connectivity index (χ1n) is 7.42. The van der Waals surface area contributed by atoms with Crippen LogP contribution in [-0.2, 0) is 0 Å². The Morgan fingerprint density at radius 2 is 1.84 bits per heavy atom. The molecule has 1 saturated carbocycles. The van der Waals surface area contributed by atoms with Crippen molar-refractivity contribution in [3.05, 3.63) is 29.8 Å². The molecule has 1 aliphatic carbocycles. The van der Waals surface area contributed by atoms with Crippen molar-refractivity contribution in [3.8, 4) is 5.75 Å². The van der Waals surface area contributed by atoms with E-state index in [4.69, 9.17) is 4.74 Å². The summed E-state index contributed by atoms with van der Waals surface area (Å²) in [4.78, 5) is 0. The molecule has 0 radical (unpaired) electrons. The first kappa shape index (κ1) is 14.4. The van der Waals surface area contributed by atoms with Crippen LogP contribution in [0.2, 0.25) is 0 Å². The van der Waals surface area contributed by atoms with Crippen LogP contribution in [0, 0.1) is 11.8 Å². The van der Waals surface area contributed by atoms with E-state index in [0.29, 0.717) is 17.8 Å². The Hall–Kier alpha value is -1.02. The minimum absolute atomic E-state index is 0.0731. The van der Waals surface area contributed by atoms with Gasteiger partial charge in [-0.2, -0.15) is 0 Å². The highest BCUT2D eigenvalue weighted by molar-refractivity contribution is 5.35. The summed E-state index contributed by atoms with van der Waals surface area (Å²) in [5.41, 5.74) is 1.22. The van der Waals surface area contributed by atoms with Crippen LogP contribution in [-0.4, -0.2) is 17.3 Å². The summed E-state index contributed by atoms with van der Waals surface area (Å²) < 4.78 is 6.17. The highest BCUT2D eigenvalue weighted by Gasteiger charge is 2.34. The first-order valence-corrected chi connectivity index (χ1v) is 7.42. The molecule has 4 unspecified atom stereocenters. The van der Waals surface area contributed by atoms with Crippen molar-refractivity contribution in [2.45, 2.75) is 58.7 Å². The van der Waals surface area contributed by atoms with Crippen LogP contribution in [0.5, 0.6) is 5.75 Å². The molecular formula is C17H26O2. The third-order valence-corrected chi connectivity index (χ3v) is 4.16. The number of ether oxygens (including phenoxy) is 1. The third-order valence-electron chi connectivity index (χ3n) is 4.16. The van der Waals surface area contributed by atoms with Gasteiger partial charge in [0.15, 0.2) is 0 Å². The molecule has 0 amide bonds. The lowest BCUT2D eigenvalue weighted by atomic mass is 9.79. The zero-order valence-corrected chi connectivity index (χ0v) is 12.5. The Balaban J connectivity index is 2.16. The van der Waals surface area contributed by atoms with Gasteiger partial charge in [-0.15, -0.1) is 0 Å². The van der Waals surface area contributed by atoms with E-state index in [0.717, 1.165) is 18.6 Å². The molecule has 4 atom stereocenters. The van der Waals surface area contributed by atoms with Crippen LogP contribution in [0.3, 0.4) is 0 Å². The summed E-state index contributed by atoms with van der Waals surface area (Å²) in [5.74, 6) is 2.36. The molecule has 0 heterocycles. The SMILES string of the molecule is CC1CC(C)C(Oc2ccccc2C(C)C)C(O)C1. The van der Waals surface area contributed by atoms with E-state index >= 15 is 0 Å². The normalized spacial score (nSPS) is 31.5. The monoisotopic (exact) mass is 262 g/mol. The topological polar surface area (TPSA) is 29.5 Å². The molecule has 2 heteroatoms. The second-order valence-corrected chi connectivity index (χ2v) is 6.40. The maximum Gasteiger partial charge on any atom is 0.127 e. The fraction of sp³-hybridized carbons (Fsp3) is 0.647. The van der Waals surface area contributed by atoms with E-state index in [1.54, 1.807) is 0 Å². The number of hydrogen-bond acceptors (Lipinski definition) is 2. The fourth-order valence-corrected chi connectivity index (χ4v) is 3.20. The smallest absolute Gasteiger partial charge is 0.127 e. The van der Waals surface area contributed by atoms with E-state index in [9.17, 15) is 5.11 Å². The van der Waals surface area contributed by atoms with Crippen molar-refractivity contribution in [3.63, 3.8) is 0 Å². The second-order valence-electron chi connectivity index (χ2n) is 6.40. The predicted octanol–water partition coefficient (Wildman–Crippen LogP) is 3.98. The van der Waals surface area contributed by atoms with Gasteiger partial charge < -0.3 is 9.84 Å². The second kappa shape index (κ2) is 5.96. The maximum absolute atomic E-state index is 10.3. The molecule has 19 heavy (non-hydrogen) atoms. The average molecular weight is 262 g/mol. The van der Waals surface area contributed by atoms with Crippen molar-refractivity contribution in [2.75, 3.05) is 0 Å². The van der Waals surface area contributed by atoms with Gasteiger partial charge >= 0.3 is 0 Å². The number of rotatable bonds is 3. The van der Waals surface area contributed by atoms with E-state index in [1.807, 2.05) is 18.2 Å². The quantitative estimate of drug-likeness (QED) is 0.892. The summed E-state index contributed by atoms with van der Waals surface area (Å²) >= 11 is 0. The van der Waals surface area contributed by atoms with Crippen molar-refractivity contribution in [2.24, 2.45) is 11.8 Å². The van der Waals surface area contributed by atoms with E-state index < -0.39 is 0 Å². The van der Waals surface area contributed by atoms with E-state index in [2.05, 4.69) is 33.8 Å². The summed E-state index contributed by atoms with van der Waals surface area (Å²) in [5, 5.41) is 10.3. The highest BCUT2D eigenvalue weighted by Crippen LogP contribution is 2.34. The lowest BCUT2D eigenvalue weighted by Crippen LogP contribution is -2.43. The average Bonchev–Trinajstić information content (AvgIpc) is 2.34. The van der Waals surface area contributed by atoms with Crippen LogP contribution in [0.1, 0.15) is 52.0 Å². The Bertz CT molecular complexity index is 401. The van der Waals surface area contributed by atoms with E-state index in [1.165, 1.54) is 5.56 Å². The molecule has 0 spiro atoms. The van der Waals surface area contributed by atoms with Crippen molar-refractivity contribution in [1.82, 2.24) is 0 Å². The van der Waals surface area contributed by atoms with Crippen molar-refractivity contribution in [1.29, 1.82) is 0 Å². The molecule has 1 aliphatic rings. The van der Waals surface area contributed by atoms with Crippen LogP contribution in [0.15, 0.2) is 24.3 Å². The van der Waals surface area contributed by atoms with Crippen LogP contribution in [0.25, 0.3) is 0 Å². The van der Waals surface area contributed by atoms with Crippen molar-refractivity contribution >= 4 is 0 Å². The maximum atomic E-state index is 10.3. The molecule has 0 saturated heterocycles. The standard InChI is InChI=1S/C17H26O2/c1-11(2)14-7-5-6-8-16(14)19-17-13(4)9-12(3)10-15(17)18/h5-8,11-13,15,17-18H,9-10H2,1-4H3. The molecule has 1 aromatic carbocycles. The molecule has 1 N–H and O–H groups in total. The van der Waals surface area contributed by atoms with Gasteiger partial charge in [-0.3, -0.25) is 0 Å². The molecule has 1 aromatic rings. The molecule has 0 aromatic heterocycles. The minimum atomic E-state index is -0.348. The lowest BCUT2D eigenvalue weighted by Gasteiger charge is -2.37. The molecule has 0 bridgehead atoms. The Morgan fingerprint density at radius 3 is 2.47 bits per heavy atom. The van der Waals surface area contributed by atoms with E-state index in [-0.39, 0.29) is 12.2 Å². The van der Waals surface area contributed by atoms with Gasteiger partial charge in [0.05, 0.1) is 6.10 Å². The number of hydrogen-bond donors (Lipinski definition) is 1. The lowest BCUT2D eigenvalue weighted by molar-refractivity contribution is -0.0393. The van der Waals surface area contributed by atoms with Gasteiger partial charge in [0.2, 0.25) is 0 Å². The Morgan fingerprint density at radius 1 is 1.16 bits per heavy atom. The van der Waals surface area contributed by atoms with Gasteiger partial charge in [0.1, 0.15) is 11.9 Å². The zero-order chi connectivity index (χ0) is 14.0. The molecule has 2 rings (SSSR count). The largest absolute Gasteiger partial charge is 0.487 e. The molecule has 106 valence electrons. The van der Waals surface area contributed by atoms with Crippen molar-refractivity contribution < 1.29 is 9.84 Å². The Labute approximate surface area is 116 Å². The van der Waals surface area contributed by atoms with Gasteiger partial charge in [0, 0.05) is 0 Å². The van der Waals surface area contributed by atoms with Crippen LogP contribution < -0.4 is 4.74 Å². The summed E-state index contributed by atoms with van der Waals surface area (Å²) in [6, 6.07) is 8.18. The van der Waals surface area contributed by atoms with Gasteiger partial charge in [-0.05, 0) is 42.2 Å². The predicted molar refractivity (Wildman–Crippen MR) is 78.5 cm³/mol. The summed E-state index contributed by atoms with van der Waals surface area (Å²) in [7, 11) is 0. The van der Waals surface area contributed by atoms with Gasteiger partial charge in [0.25, 0.3) is 0 Å². The Kier molecular flexibility index (Phi) is 4.51. The third kappa shape index (κ3) is 3.30. The zero-order valence-electron chi connectivity index (χ0n) is 12.5. The summed E-state index contributed by atoms with van der Waals surface area (Å²) in [6.45, 7) is 8.73. The highest BCUT2D eigenvalue weighted by atomic mass is 16.5. The first-order chi connectivity index (χ1) is 8.99. The van der Waals surface area contributed by atoms with Gasteiger partial charge in [-0.25, -0.2) is 0 Å². The number of aliphatic hydroxyl groups excluding tert-OH is 1. The molecule has 0 aliphatic heterocycles. The van der Waals surface area contributed by atoms with Gasteiger partial charge in [-0.1, -0.05) is 45.9 Å². The molecule has 1 fully saturated rings. The molecular weight excluding hydrogens is 236 g/mol.